The Morgan fingerprint density at radius 1 is 1.00 bits per heavy atom. The van der Waals surface area contributed by atoms with Crippen LogP contribution in [-0.4, -0.2) is 31.3 Å². The van der Waals surface area contributed by atoms with Crippen LogP contribution in [0.1, 0.15) is 21.6 Å². The highest BCUT2D eigenvalue weighted by Crippen LogP contribution is 2.33. The van der Waals surface area contributed by atoms with E-state index in [2.05, 4.69) is 15.0 Å². The van der Waals surface area contributed by atoms with E-state index in [1.54, 1.807) is 48.9 Å². The van der Waals surface area contributed by atoms with Gasteiger partial charge in [0.15, 0.2) is 0 Å². The lowest BCUT2D eigenvalue weighted by atomic mass is 10.1. The summed E-state index contributed by atoms with van der Waals surface area (Å²) in [4.78, 5) is 24.5. The third kappa shape index (κ3) is 1.74. The Bertz CT molecular complexity index is 899. The molecule has 0 aromatic carbocycles. The quantitative estimate of drug-likeness (QED) is 0.782. The van der Waals surface area contributed by atoms with Gasteiger partial charge in [-0.25, -0.2) is 9.98 Å². The van der Waals surface area contributed by atoms with Gasteiger partial charge in [0, 0.05) is 18.6 Å². The summed E-state index contributed by atoms with van der Waals surface area (Å²) in [6, 6.07) is 10.7. The van der Waals surface area contributed by atoms with Crippen LogP contribution in [0.3, 0.4) is 0 Å². The first-order valence-corrected chi connectivity index (χ1v) is 6.66. The fourth-order valence-corrected chi connectivity index (χ4v) is 2.47. The van der Waals surface area contributed by atoms with Crippen molar-refractivity contribution in [1.29, 1.82) is 0 Å². The van der Waals surface area contributed by atoms with Crippen LogP contribution < -0.4 is 0 Å². The molecule has 1 aliphatic heterocycles. The molecule has 0 saturated heterocycles. The average molecular weight is 290 g/mol. The number of carbonyl (C=O) groups excluding carboxylic acids is 1. The highest BCUT2D eigenvalue weighted by molar-refractivity contribution is 6.28. The molecular weight excluding hydrogens is 280 g/mol. The summed E-state index contributed by atoms with van der Waals surface area (Å²) in [7, 11) is 0. The number of pyridine rings is 2. The molecule has 3 aromatic rings. The second-order valence-corrected chi connectivity index (χ2v) is 4.78. The first-order chi connectivity index (χ1) is 10.8. The van der Waals surface area contributed by atoms with Crippen molar-refractivity contribution >= 4 is 11.6 Å². The monoisotopic (exact) mass is 290 g/mol. The Kier molecular flexibility index (Phi) is 2.62. The van der Waals surface area contributed by atoms with Crippen molar-refractivity contribution in [3.05, 3.63) is 71.8 Å². The van der Waals surface area contributed by atoms with Gasteiger partial charge in [0.1, 0.15) is 11.5 Å². The van der Waals surface area contributed by atoms with Crippen LogP contribution >= 0.6 is 0 Å². The van der Waals surface area contributed by atoms with Crippen molar-refractivity contribution < 1.29 is 9.90 Å². The van der Waals surface area contributed by atoms with Gasteiger partial charge in [-0.2, -0.15) is 0 Å². The van der Waals surface area contributed by atoms with Gasteiger partial charge in [-0.3, -0.25) is 14.3 Å². The standard InChI is InChI=1S/C16H10N4O2/c21-15-10-9-20(12-6-2-4-8-18-12)16(22)13(10)14(19-15)11-5-1-3-7-17-11/h1-9,22H. The van der Waals surface area contributed by atoms with E-state index in [9.17, 15) is 9.90 Å². The van der Waals surface area contributed by atoms with E-state index in [0.717, 1.165) is 0 Å². The minimum absolute atomic E-state index is 0.0658. The van der Waals surface area contributed by atoms with Crippen molar-refractivity contribution in [2.75, 3.05) is 0 Å². The molecule has 0 saturated carbocycles. The van der Waals surface area contributed by atoms with Crippen molar-refractivity contribution in [3.8, 4) is 11.7 Å². The predicted octanol–water partition coefficient (Wildman–Crippen LogP) is 1.96. The predicted molar refractivity (Wildman–Crippen MR) is 79.4 cm³/mol. The number of aromatic hydroxyl groups is 1. The van der Waals surface area contributed by atoms with E-state index in [-0.39, 0.29) is 11.8 Å². The van der Waals surface area contributed by atoms with E-state index in [4.69, 9.17) is 0 Å². The molecule has 6 nitrogen and oxygen atoms in total. The molecule has 0 radical (unpaired) electrons. The number of rotatable bonds is 2. The number of aromatic nitrogens is 3. The Morgan fingerprint density at radius 2 is 1.77 bits per heavy atom. The van der Waals surface area contributed by atoms with Crippen LogP contribution in [0.2, 0.25) is 0 Å². The first-order valence-electron chi connectivity index (χ1n) is 6.66. The third-order valence-corrected chi connectivity index (χ3v) is 3.46. The van der Waals surface area contributed by atoms with Gasteiger partial charge in [0.25, 0.3) is 5.91 Å². The molecule has 1 N–H and O–H groups in total. The zero-order valence-corrected chi connectivity index (χ0v) is 11.3. The van der Waals surface area contributed by atoms with Crippen LogP contribution in [0.4, 0.5) is 0 Å². The summed E-state index contributed by atoms with van der Waals surface area (Å²) in [5, 5.41) is 10.5. The minimum Gasteiger partial charge on any atom is -0.494 e. The fraction of sp³-hybridized carbons (Fsp3) is 0. The number of hydrogen-bond donors (Lipinski definition) is 1. The normalized spacial score (nSPS) is 13.1. The number of hydrogen-bond acceptors (Lipinski definition) is 4. The Morgan fingerprint density at radius 3 is 2.45 bits per heavy atom. The number of carbonyl (C=O) groups is 1. The van der Waals surface area contributed by atoms with Crippen molar-refractivity contribution in [3.63, 3.8) is 0 Å². The molecule has 3 aromatic heterocycles. The molecule has 1 aliphatic rings. The Balaban J connectivity index is 1.91. The second-order valence-electron chi connectivity index (χ2n) is 4.78. The lowest BCUT2D eigenvalue weighted by molar-refractivity contribution is 0.101. The molecule has 22 heavy (non-hydrogen) atoms. The Labute approximate surface area is 125 Å². The zero-order chi connectivity index (χ0) is 15.1. The summed E-state index contributed by atoms with van der Waals surface area (Å²) < 4.78 is 1.47. The van der Waals surface area contributed by atoms with Gasteiger partial charge in [0.2, 0.25) is 5.88 Å². The lowest BCUT2D eigenvalue weighted by Gasteiger charge is -2.05. The molecule has 1 amide bonds. The number of fused-ring (bicyclic) bond motifs is 1. The lowest BCUT2D eigenvalue weighted by Crippen LogP contribution is -2.03. The van der Waals surface area contributed by atoms with Crippen molar-refractivity contribution in [2.45, 2.75) is 0 Å². The highest BCUT2D eigenvalue weighted by Gasteiger charge is 2.32. The Hall–Kier alpha value is -3.28. The van der Waals surface area contributed by atoms with Crippen LogP contribution in [0.15, 0.2) is 60.0 Å². The maximum absolute atomic E-state index is 12.1. The van der Waals surface area contributed by atoms with Crippen molar-refractivity contribution in [1.82, 2.24) is 14.5 Å². The van der Waals surface area contributed by atoms with Gasteiger partial charge in [-0.15, -0.1) is 0 Å². The van der Waals surface area contributed by atoms with Crippen LogP contribution in [0.25, 0.3) is 5.82 Å². The highest BCUT2D eigenvalue weighted by atomic mass is 16.3. The van der Waals surface area contributed by atoms with Crippen LogP contribution in [0.5, 0.6) is 5.88 Å². The first kappa shape index (κ1) is 12.5. The van der Waals surface area contributed by atoms with Crippen LogP contribution in [0, 0.1) is 0 Å². The van der Waals surface area contributed by atoms with E-state index >= 15 is 0 Å². The molecule has 0 unspecified atom stereocenters. The second kappa shape index (κ2) is 4.63. The number of amides is 1. The maximum atomic E-state index is 12.1. The molecule has 0 fully saturated rings. The van der Waals surface area contributed by atoms with E-state index < -0.39 is 0 Å². The third-order valence-electron chi connectivity index (χ3n) is 3.46. The summed E-state index contributed by atoms with van der Waals surface area (Å²) in [6.07, 6.45) is 4.79. The average Bonchev–Trinajstić information content (AvgIpc) is 3.08. The summed E-state index contributed by atoms with van der Waals surface area (Å²) >= 11 is 0. The molecule has 4 heterocycles. The SMILES string of the molecule is O=C1N=C(c2ccccn2)c2c1cn(-c1ccccn1)c2O. The number of aliphatic imine (C=N–C) groups is 1. The van der Waals surface area contributed by atoms with Gasteiger partial charge < -0.3 is 5.11 Å². The molecular formula is C16H10N4O2. The van der Waals surface area contributed by atoms with Gasteiger partial charge in [-0.05, 0) is 24.3 Å². The molecule has 4 rings (SSSR count). The summed E-state index contributed by atoms with van der Waals surface area (Å²) in [5.74, 6) is 0.0761. The topological polar surface area (TPSA) is 80.4 Å². The van der Waals surface area contributed by atoms with Gasteiger partial charge >= 0.3 is 0 Å². The summed E-state index contributed by atoms with van der Waals surface area (Å²) in [5.41, 5.74) is 1.68. The molecule has 0 aliphatic carbocycles. The molecule has 106 valence electrons. The minimum atomic E-state index is -0.388. The van der Waals surface area contributed by atoms with E-state index in [1.807, 2.05) is 6.07 Å². The molecule has 0 atom stereocenters. The molecule has 0 spiro atoms. The van der Waals surface area contributed by atoms with Gasteiger partial charge in [0.05, 0.1) is 16.8 Å². The van der Waals surface area contributed by atoms with E-state index in [1.165, 1.54) is 4.57 Å². The zero-order valence-electron chi connectivity index (χ0n) is 11.3. The van der Waals surface area contributed by atoms with Crippen molar-refractivity contribution in [2.24, 2.45) is 4.99 Å². The molecule has 0 bridgehead atoms. The molecule has 6 heteroatoms. The number of nitrogens with zero attached hydrogens (tertiary/aromatic N) is 4. The largest absolute Gasteiger partial charge is 0.494 e. The van der Waals surface area contributed by atoms with E-state index in [0.29, 0.717) is 28.4 Å². The van der Waals surface area contributed by atoms with Gasteiger partial charge in [-0.1, -0.05) is 12.1 Å². The van der Waals surface area contributed by atoms with Crippen LogP contribution in [-0.2, 0) is 0 Å². The fourth-order valence-electron chi connectivity index (χ4n) is 2.47. The smallest absolute Gasteiger partial charge is 0.280 e. The maximum Gasteiger partial charge on any atom is 0.280 e. The summed E-state index contributed by atoms with van der Waals surface area (Å²) in [6.45, 7) is 0.